The van der Waals surface area contributed by atoms with Crippen LogP contribution in [0.2, 0.25) is 0 Å². The lowest BCUT2D eigenvalue weighted by Crippen LogP contribution is -2.44. The zero-order chi connectivity index (χ0) is 22.6. The monoisotopic (exact) mass is 430 g/mol. The van der Waals surface area contributed by atoms with Crippen LogP contribution in [0.5, 0.6) is 11.5 Å². The second-order valence-corrected chi connectivity index (χ2v) is 6.90. The molecule has 0 saturated carbocycles. The fourth-order valence-corrected chi connectivity index (χ4v) is 2.79. The number of phenols is 2. The van der Waals surface area contributed by atoms with Crippen LogP contribution in [0.25, 0.3) is 0 Å². The number of aromatic hydroxyl groups is 2. The van der Waals surface area contributed by atoms with Gasteiger partial charge in [-0.2, -0.15) is 0 Å². The number of nitrogens with zero attached hydrogens (tertiary/aromatic N) is 1. The third-order valence-electron chi connectivity index (χ3n) is 4.59. The zero-order valence-electron chi connectivity index (χ0n) is 17.9. The normalized spacial score (nSPS) is 11.0. The number of carbonyl (C=O) groups is 2. The van der Waals surface area contributed by atoms with E-state index in [0.29, 0.717) is 25.2 Å². The third-order valence-corrected chi connectivity index (χ3v) is 4.59. The Bertz CT molecular complexity index is 839. The van der Waals surface area contributed by atoms with Crippen molar-refractivity contribution < 1.29 is 29.3 Å². The molecule has 0 unspecified atom stereocenters. The number of benzene rings is 2. The molecule has 0 fully saturated rings. The van der Waals surface area contributed by atoms with Crippen LogP contribution < -0.4 is 5.32 Å². The summed E-state index contributed by atoms with van der Waals surface area (Å²) in [5.74, 6) is -0.707. The Balaban J connectivity index is 2.12. The quantitative estimate of drug-likeness (QED) is 0.268. The number of carbonyl (C=O) groups excluding carboxylic acids is 2. The van der Waals surface area contributed by atoms with E-state index in [9.17, 15) is 19.8 Å². The molecule has 0 bridgehead atoms. The van der Waals surface area contributed by atoms with Crippen LogP contribution in [-0.4, -0.2) is 46.6 Å². The predicted octanol–water partition coefficient (Wildman–Crippen LogP) is 2.88. The maximum Gasteiger partial charge on any atom is 0.310 e. The van der Waals surface area contributed by atoms with Gasteiger partial charge in [-0.3, -0.25) is 9.59 Å². The second-order valence-electron chi connectivity index (χ2n) is 6.90. The average Bonchev–Trinajstić information content (AvgIpc) is 2.77. The molecule has 0 aliphatic carbocycles. The molecular formula is C23H30N2O6. The molecule has 0 heterocycles. The van der Waals surface area contributed by atoms with Crippen LogP contribution in [0, 0.1) is 0 Å². The third kappa shape index (κ3) is 7.92. The van der Waals surface area contributed by atoms with Gasteiger partial charge in [-0.05, 0) is 12.1 Å². The summed E-state index contributed by atoms with van der Waals surface area (Å²) in [7, 11) is 0. The van der Waals surface area contributed by atoms with Gasteiger partial charge in [-0.1, -0.05) is 50.2 Å². The first-order valence-electron chi connectivity index (χ1n) is 10.3. The van der Waals surface area contributed by atoms with E-state index < -0.39 is 18.4 Å². The number of hydrogen-bond donors (Lipinski definition) is 3. The van der Waals surface area contributed by atoms with Crippen molar-refractivity contribution in [2.24, 2.45) is 0 Å². The lowest BCUT2D eigenvalue weighted by atomic mass is 10.2. The molecule has 2 rings (SSSR count). The van der Waals surface area contributed by atoms with Gasteiger partial charge in [-0.15, -0.1) is 0 Å². The van der Waals surface area contributed by atoms with Crippen LogP contribution in [0.4, 0.5) is 0 Å². The molecule has 0 aromatic heterocycles. The largest absolute Gasteiger partial charge is 0.508 e. The summed E-state index contributed by atoms with van der Waals surface area (Å²) in [4.78, 5) is 25.5. The molecule has 0 aliphatic heterocycles. The molecule has 3 N–H and O–H groups in total. The van der Waals surface area contributed by atoms with E-state index in [1.54, 1.807) is 55.1 Å². The molecule has 8 nitrogen and oxygen atoms in total. The lowest BCUT2D eigenvalue weighted by molar-refractivity contribution is -0.223. The topological polar surface area (TPSA) is 108 Å². The fourth-order valence-electron chi connectivity index (χ4n) is 2.79. The van der Waals surface area contributed by atoms with Crippen molar-refractivity contribution in [1.29, 1.82) is 0 Å². The van der Waals surface area contributed by atoms with Gasteiger partial charge >= 0.3 is 18.4 Å². The summed E-state index contributed by atoms with van der Waals surface area (Å²) >= 11 is 0. The Hall–Kier alpha value is -3.10. The van der Waals surface area contributed by atoms with Crippen molar-refractivity contribution >= 4 is 11.9 Å². The van der Waals surface area contributed by atoms with Crippen molar-refractivity contribution in [1.82, 2.24) is 10.2 Å². The molecular weight excluding hydrogens is 400 g/mol. The van der Waals surface area contributed by atoms with E-state index in [-0.39, 0.29) is 30.9 Å². The van der Waals surface area contributed by atoms with Gasteiger partial charge in [-0.25, -0.2) is 4.90 Å². The summed E-state index contributed by atoms with van der Waals surface area (Å²) < 4.78 is 10.8. The Morgan fingerprint density at radius 3 is 1.94 bits per heavy atom. The zero-order valence-corrected chi connectivity index (χ0v) is 17.9. The highest BCUT2D eigenvalue weighted by Gasteiger charge is 2.26. The van der Waals surface area contributed by atoms with Crippen molar-refractivity contribution in [3.63, 3.8) is 0 Å². The highest BCUT2D eigenvalue weighted by atomic mass is 16.7. The van der Waals surface area contributed by atoms with E-state index in [2.05, 4.69) is 5.32 Å². The number of para-hydroxylation sites is 2. The van der Waals surface area contributed by atoms with Gasteiger partial charge in [0, 0.05) is 50.1 Å². The first kappa shape index (κ1) is 24.2. The number of nitrogens with one attached hydrogen (secondary N) is 1. The number of ether oxygens (including phenoxy) is 2. The van der Waals surface area contributed by atoms with Crippen molar-refractivity contribution in [2.75, 3.05) is 13.1 Å². The Kier molecular flexibility index (Phi) is 9.80. The minimum absolute atomic E-state index is 0.0945. The number of phenolic OH excluding ortho intramolecular Hbond substituents is 2. The van der Waals surface area contributed by atoms with Gasteiger partial charge in [0.05, 0.1) is 0 Å². The maximum atomic E-state index is 11.9. The van der Waals surface area contributed by atoms with Gasteiger partial charge in [0.1, 0.15) is 11.5 Å². The van der Waals surface area contributed by atoms with Gasteiger partial charge in [0.15, 0.2) is 0 Å². The molecule has 0 saturated heterocycles. The average molecular weight is 431 g/mol. The Labute approximate surface area is 182 Å². The number of rotatable bonds is 12. The van der Waals surface area contributed by atoms with Crippen molar-refractivity contribution in [3.05, 3.63) is 59.7 Å². The molecule has 0 atom stereocenters. The number of hydrogen-bond acceptors (Lipinski definition) is 8. The fraction of sp³-hybridized carbons (Fsp3) is 0.391. The van der Waals surface area contributed by atoms with E-state index >= 15 is 0 Å². The summed E-state index contributed by atoms with van der Waals surface area (Å²) in [5, 5.41) is 23.3. The van der Waals surface area contributed by atoms with Crippen molar-refractivity contribution in [3.8, 4) is 11.5 Å². The summed E-state index contributed by atoms with van der Waals surface area (Å²) in [6.07, 6.45) is -0.946. The Morgan fingerprint density at radius 2 is 1.42 bits per heavy atom. The Morgan fingerprint density at radius 1 is 0.903 bits per heavy atom. The number of esters is 2. The molecule has 0 spiro atoms. The van der Waals surface area contributed by atoms with Crippen LogP contribution in [0.15, 0.2) is 48.5 Å². The molecule has 0 radical (unpaired) electrons. The van der Waals surface area contributed by atoms with Crippen LogP contribution in [-0.2, 0) is 32.2 Å². The smallest absolute Gasteiger partial charge is 0.310 e. The predicted molar refractivity (Wildman–Crippen MR) is 115 cm³/mol. The van der Waals surface area contributed by atoms with Gasteiger partial charge < -0.3 is 25.0 Å². The van der Waals surface area contributed by atoms with E-state index in [1.165, 1.54) is 0 Å². The van der Waals surface area contributed by atoms with Crippen LogP contribution >= 0.6 is 0 Å². The molecule has 2 aromatic rings. The summed E-state index contributed by atoms with van der Waals surface area (Å²) in [6, 6.07) is 13.8. The van der Waals surface area contributed by atoms with Gasteiger partial charge in [0.25, 0.3) is 0 Å². The SMILES string of the molecule is CCC(=O)OC(OC(=O)CC)N(CCNCc1ccccc1O)Cc1ccccc1O. The van der Waals surface area contributed by atoms with Crippen LogP contribution in [0.1, 0.15) is 37.8 Å². The first-order valence-corrected chi connectivity index (χ1v) is 10.3. The highest BCUT2D eigenvalue weighted by Crippen LogP contribution is 2.20. The minimum Gasteiger partial charge on any atom is -0.508 e. The first-order chi connectivity index (χ1) is 14.9. The lowest BCUT2D eigenvalue weighted by Gasteiger charge is -2.30. The van der Waals surface area contributed by atoms with Crippen molar-refractivity contribution in [2.45, 2.75) is 46.2 Å². The minimum atomic E-state index is -1.22. The summed E-state index contributed by atoms with van der Waals surface area (Å²) in [5.41, 5.74) is 1.36. The maximum absolute atomic E-state index is 11.9. The van der Waals surface area contributed by atoms with E-state index in [4.69, 9.17) is 9.47 Å². The van der Waals surface area contributed by atoms with Crippen LogP contribution in [0.3, 0.4) is 0 Å². The molecule has 31 heavy (non-hydrogen) atoms. The molecule has 0 amide bonds. The summed E-state index contributed by atoms with van der Waals surface area (Å²) in [6.45, 7) is 4.74. The molecule has 0 aliphatic rings. The highest BCUT2D eigenvalue weighted by molar-refractivity contribution is 5.71. The van der Waals surface area contributed by atoms with Gasteiger partial charge in [0.2, 0.25) is 0 Å². The molecule has 168 valence electrons. The second kappa shape index (κ2) is 12.6. The van der Waals surface area contributed by atoms with E-state index in [0.717, 1.165) is 5.56 Å². The standard InChI is InChI=1S/C23H30N2O6/c1-3-21(28)30-23(31-22(29)4-2)25(16-18-10-6-8-12-20(18)27)14-13-24-15-17-9-5-7-11-19(17)26/h5-12,23-24,26-27H,3-4,13-16H2,1-2H3. The molecule has 8 heteroatoms. The molecule has 2 aromatic carbocycles. The van der Waals surface area contributed by atoms with E-state index in [1.807, 2.05) is 12.1 Å².